The van der Waals surface area contributed by atoms with Crippen LogP contribution >= 0.6 is 0 Å². The highest BCUT2D eigenvalue weighted by Gasteiger charge is 2.55. The first-order valence-electron chi connectivity index (χ1n) is 15.0. The molecule has 0 radical (unpaired) electrons. The topological polar surface area (TPSA) is 120 Å². The van der Waals surface area contributed by atoms with Crippen molar-refractivity contribution in [1.29, 1.82) is 0 Å². The zero-order valence-electron chi connectivity index (χ0n) is 26.3. The summed E-state index contributed by atoms with van der Waals surface area (Å²) in [7, 11) is 0. The zero-order valence-corrected chi connectivity index (χ0v) is 26.3. The Morgan fingerprint density at radius 1 is 0.682 bits per heavy atom. The quantitative estimate of drug-likeness (QED) is 0.279. The van der Waals surface area contributed by atoms with Crippen molar-refractivity contribution < 1.29 is 38.2 Å². The molecule has 5 atom stereocenters. The average Bonchev–Trinajstić information content (AvgIpc) is 3.59. The summed E-state index contributed by atoms with van der Waals surface area (Å²) in [5.74, 6) is -0.896. The lowest BCUT2D eigenvalue weighted by Crippen LogP contribution is -2.39. The number of benzene rings is 2. The highest BCUT2D eigenvalue weighted by Crippen LogP contribution is 2.54. The number of imide groups is 2. The van der Waals surface area contributed by atoms with Crippen LogP contribution in [0.5, 0.6) is 0 Å². The fourth-order valence-corrected chi connectivity index (χ4v) is 6.72. The number of amides is 4. The van der Waals surface area contributed by atoms with Crippen molar-refractivity contribution >= 4 is 30.0 Å². The summed E-state index contributed by atoms with van der Waals surface area (Å²) in [6.45, 7) is 12.1. The van der Waals surface area contributed by atoms with Gasteiger partial charge in [0.15, 0.2) is 0 Å². The Hall–Kier alpha value is -4.21. The van der Waals surface area contributed by atoms with Crippen molar-refractivity contribution in [2.75, 3.05) is 0 Å². The standard InChI is InChI=1S/C18H21NO5.C16H19NO3/c1-10(20)23-16-12-8-6-5-7-11(12)15-13(16)9-14(21)19(15)17(22)24-18(2,3)4;1-16(2,3)20-15(19)17-13(18)9-11-8-10-6-4-5-7-12(10)14(11)17/h5-8,13,15-16H,9H2,1-4H3;4-7,11,14H,8-9H2,1-3H3/t13-,15-,16-;11-,14+/m11/s1. The maximum absolute atomic E-state index is 12.5. The van der Waals surface area contributed by atoms with Crippen LogP contribution in [0.4, 0.5) is 9.59 Å². The molecule has 0 unspecified atom stereocenters. The van der Waals surface area contributed by atoms with E-state index in [2.05, 4.69) is 6.07 Å². The predicted octanol–water partition coefficient (Wildman–Crippen LogP) is 6.20. The van der Waals surface area contributed by atoms with E-state index in [1.54, 1.807) is 20.8 Å². The summed E-state index contributed by atoms with van der Waals surface area (Å²) >= 11 is 0. The fraction of sp³-hybridized carbons (Fsp3) is 0.500. The molecule has 0 N–H and O–H groups in total. The molecule has 2 fully saturated rings. The molecule has 10 nitrogen and oxygen atoms in total. The SMILES string of the molecule is CC(=O)O[C@@H]1c2ccccc2[C@@H]2[C@H]1CC(=O)N2C(=O)OC(C)(C)C.CC(C)(C)OC(=O)N1C(=O)C[C@H]2Cc3ccccc3[C@H]21. The molecule has 2 aliphatic heterocycles. The molecule has 0 aromatic heterocycles. The van der Waals surface area contributed by atoms with E-state index >= 15 is 0 Å². The summed E-state index contributed by atoms with van der Waals surface area (Å²) in [6, 6.07) is 14.9. The molecule has 2 heterocycles. The van der Waals surface area contributed by atoms with Crippen LogP contribution in [0.15, 0.2) is 48.5 Å². The van der Waals surface area contributed by atoms with Crippen LogP contribution in [0, 0.1) is 11.8 Å². The van der Waals surface area contributed by atoms with E-state index in [1.165, 1.54) is 22.3 Å². The highest BCUT2D eigenvalue weighted by molar-refractivity contribution is 5.96. The van der Waals surface area contributed by atoms with E-state index in [0.29, 0.717) is 6.42 Å². The van der Waals surface area contributed by atoms with Crippen LogP contribution < -0.4 is 0 Å². The van der Waals surface area contributed by atoms with Gasteiger partial charge < -0.3 is 14.2 Å². The number of carbonyl (C=O) groups is 5. The molecule has 0 spiro atoms. The van der Waals surface area contributed by atoms with Gasteiger partial charge in [-0.15, -0.1) is 0 Å². The lowest BCUT2D eigenvalue weighted by atomic mass is 9.99. The molecule has 0 bridgehead atoms. The minimum Gasteiger partial charge on any atom is -0.457 e. The Kier molecular flexibility index (Phi) is 8.07. The first kappa shape index (κ1) is 31.2. The van der Waals surface area contributed by atoms with Gasteiger partial charge in [0.2, 0.25) is 11.8 Å². The molecule has 44 heavy (non-hydrogen) atoms. The summed E-state index contributed by atoms with van der Waals surface area (Å²) in [5.41, 5.74) is 2.74. The van der Waals surface area contributed by atoms with Crippen LogP contribution in [0.1, 0.15) is 102 Å². The molecule has 6 rings (SSSR count). The number of rotatable bonds is 1. The smallest absolute Gasteiger partial charge is 0.417 e. The van der Waals surface area contributed by atoms with Gasteiger partial charge >= 0.3 is 18.2 Å². The maximum atomic E-state index is 12.5. The second-order valence-electron chi connectivity index (χ2n) is 13.8. The van der Waals surface area contributed by atoms with Crippen molar-refractivity contribution in [1.82, 2.24) is 9.80 Å². The lowest BCUT2D eigenvalue weighted by molar-refractivity contribution is -0.149. The molecule has 10 heteroatoms. The number of esters is 1. The molecule has 2 aromatic carbocycles. The van der Waals surface area contributed by atoms with E-state index in [1.807, 2.05) is 63.2 Å². The Morgan fingerprint density at radius 3 is 1.75 bits per heavy atom. The number of fused-ring (bicyclic) bond motifs is 6. The fourth-order valence-electron chi connectivity index (χ4n) is 6.72. The number of hydrogen-bond donors (Lipinski definition) is 0. The number of carbonyl (C=O) groups excluding carboxylic acids is 5. The van der Waals surface area contributed by atoms with E-state index in [4.69, 9.17) is 14.2 Å². The van der Waals surface area contributed by atoms with Crippen LogP contribution in [-0.4, -0.2) is 51.0 Å². The third-order valence-corrected chi connectivity index (χ3v) is 8.13. The normalized spacial score (nSPS) is 24.9. The minimum atomic E-state index is -0.692. The monoisotopic (exact) mass is 604 g/mol. The van der Waals surface area contributed by atoms with Gasteiger partial charge in [-0.05, 0) is 76.1 Å². The molecular weight excluding hydrogens is 564 g/mol. The zero-order chi connectivity index (χ0) is 32.1. The first-order chi connectivity index (χ1) is 20.6. The number of hydrogen-bond acceptors (Lipinski definition) is 8. The average molecular weight is 605 g/mol. The Balaban J connectivity index is 0.000000177. The van der Waals surface area contributed by atoms with Gasteiger partial charge in [0.25, 0.3) is 0 Å². The molecule has 2 saturated heterocycles. The lowest BCUT2D eigenvalue weighted by Gasteiger charge is -2.27. The van der Waals surface area contributed by atoms with E-state index in [0.717, 1.165) is 23.1 Å². The van der Waals surface area contributed by atoms with E-state index < -0.39 is 41.5 Å². The van der Waals surface area contributed by atoms with Gasteiger partial charge in [-0.25, -0.2) is 19.4 Å². The highest BCUT2D eigenvalue weighted by atomic mass is 16.6. The molecule has 2 aromatic rings. The minimum absolute atomic E-state index is 0.122. The second kappa shape index (κ2) is 11.4. The Bertz CT molecular complexity index is 1500. The maximum Gasteiger partial charge on any atom is 0.417 e. The summed E-state index contributed by atoms with van der Waals surface area (Å²) in [5, 5.41) is 0. The van der Waals surface area contributed by atoms with Gasteiger partial charge in [-0.3, -0.25) is 14.4 Å². The van der Waals surface area contributed by atoms with Crippen LogP contribution in [-0.2, 0) is 35.0 Å². The van der Waals surface area contributed by atoms with Gasteiger partial charge in [0.1, 0.15) is 17.3 Å². The van der Waals surface area contributed by atoms with Gasteiger partial charge in [0.05, 0.1) is 12.1 Å². The van der Waals surface area contributed by atoms with Crippen LogP contribution in [0.3, 0.4) is 0 Å². The van der Waals surface area contributed by atoms with Crippen molar-refractivity contribution in [3.8, 4) is 0 Å². The largest absolute Gasteiger partial charge is 0.457 e. The molecule has 234 valence electrons. The number of likely N-dealkylation sites (tertiary alicyclic amines) is 2. The van der Waals surface area contributed by atoms with Crippen LogP contribution in [0.2, 0.25) is 0 Å². The molecular formula is C34H40N2O8. The predicted molar refractivity (Wildman–Crippen MR) is 159 cm³/mol. The van der Waals surface area contributed by atoms with Crippen molar-refractivity contribution in [3.05, 3.63) is 70.8 Å². The third kappa shape index (κ3) is 6.07. The van der Waals surface area contributed by atoms with Crippen molar-refractivity contribution in [3.63, 3.8) is 0 Å². The molecule has 2 aliphatic carbocycles. The Morgan fingerprint density at radius 2 is 1.18 bits per heavy atom. The van der Waals surface area contributed by atoms with Crippen molar-refractivity contribution in [2.24, 2.45) is 11.8 Å². The molecule has 4 amide bonds. The summed E-state index contributed by atoms with van der Waals surface area (Å²) in [6.07, 6.45) is -0.244. The van der Waals surface area contributed by atoms with E-state index in [9.17, 15) is 24.0 Å². The molecule has 4 aliphatic rings. The summed E-state index contributed by atoms with van der Waals surface area (Å²) < 4.78 is 16.2. The Labute approximate surface area is 257 Å². The third-order valence-electron chi connectivity index (χ3n) is 8.13. The van der Waals surface area contributed by atoms with Gasteiger partial charge in [0, 0.05) is 25.7 Å². The van der Waals surface area contributed by atoms with E-state index in [-0.39, 0.29) is 36.1 Å². The van der Waals surface area contributed by atoms with Crippen LogP contribution in [0.25, 0.3) is 0 Å². The summed E-state index contributed by atoms with van der Waals surface area (Å²) in [4.78, 5) is 63.4. The molecule has 0 saturated carbocycles. The first-order valence-corrected chi connectivity index (χ1v) is 15.0. The van der Waals surface area contributed by atoms with Gasteiger partial charge in [-0.2, -0.15) is 0 Å². The van der Waals surface area contributed by atoms with Crippen molar-refractivity contribution in [2.45, 2.75) is 97.1 Å². The number of nitrogens with zero attached hydrogens (tertiary/aromatic N) is 2. The van der Waals surface area contributed by atoms with Gasteiger partial charge in [-0.1, -0.05) is 48.5 Å². The number of ether oxygens (including phenoxy) is 3. The second-order valence-corrected chi connectivity index (χ2v) is 13.8.